The van der Waals surface area contributed by atoms with Crippen molar-refractivity contribution >= 4 is 10.0 Å². The summed E-state index contributed by atoms with van der Waals surface area (Å²) in [6.45, 7) is 0.0779. The molecule has 0 radical (unpaired) electrons. The van der Waals surface area contributed by atoms with Crippen molar-refractivity contribution in [3.8, 4) is 0 Å². The van der Waals surface area contributed by atoms with Gasteiger partial charge in [0.25, 0.3) is 5.56 Å². The maximum absolute atomic E-state index is 11.7. The quantitative estimate of drug-likeness (QED) is 0.389. The van der Waals surface area contributed by atoms with Gasteiger partial charge in [0.05, 0.1) is 12.2 Å². The zero-order valence-corrected chi connectivity index (χ0v) is 10.2. The summed E-state index contributed by atoms with van der Waals surface area (Å²) in [5.74, 6) is 0. The summed E-state index contributed by atoms with van der Waals surface area (Å²) in [5.41, 5.74) is -3.56. The van der Waals surface area contributed by atoms with Crippen molar-refractivity contribution in [2.45, 2.75) is 17.4 Å². The summed E-state index contributed by atoms with van der Waals surface area (Å²) in [6, 6.07) is 0. The fourth-order valence-electron chi connectivity index (χ4n) is 0.981. The van der Waals surface area contributed by atoms with Gasteiger partial charge in [-0.3, -0.25) is 9.78 Å². The normalized spacial score (nSPS) is 15.3. The van der Waals surface area contributed by atoms with Gasteiger partial charge in [0.2, 0.25) is 10.0 Å². The third-order valence-electron chi connectivity index (χ3n) is 2.06. The molecule has 0 aromatic carbocycles. The highest BCUT2D eigenvalue weighted by Crippen LogP contribution is 2.03. The zero-order valence-electron chi connectivity index (χ0n) is 9.43. The molecule has 1 unspecified atom stereocenters. The molecule has 0 fully saturated rings. The molecule has 1 heterocycles. The molecule has 1 aromatic rings. The number of nitrogens with one attached hydrogen (secondary N) is 3. The van der Waals surface area contributed by atoms with Crippen molar-refractivity contribution in [2.24, 2.45) is 0 Å². The minimum absolute atomic E-state index is 0.482. The summed E-state index contributed by atoms with van der Waals surface area (Å²) in [7, 11) is -4.19. The number of aromatic nitrogens is 2. The lowest BCUT2D eigenvalue weighted by Gasteiger charge is -2.20. The number of H-pyrrole nitrogens is 2. The number of sulfonamides is 1. The number of aliphatic hydroxyl groups excluding tert-OH is 1. The summed E-state index contributed by atoms with van der Waals surface area (Å²) >= 11 is 0. The second-order valence-electron chi connectivity index (χ2n) is 3.92. The Balaban J connectivity index is 3.01. The van der Waals surface area contributed by atoms with Gasteiger partial charge in [-0.25, -0.2) is 17.9 Å². The number of rotatable bonds is 5. The van der Waals surface area contributed by atoms with E-state index in [-0.39, 0.29) is 0 Å². The van der Waals surface area contributed by atoms with Crippen molar-refractivity contribution in [3.63, 3.8) is 0 Å². The Morgan fingerprint density at radius 2 is 2.06 bits per heavy atom. The smallest absolute Gasteiger partial charge is 0.325 e. The van der Waals surface area contributed by atoms with E-state index in [1.807, 2.05) is 9.71 Å². The van der Waals surface area contributed by atoms with E-state index in [9.17, 15) is 23.1 Å². The maximum Gasteiger partial charge on any atom is 0.325 e. The van der Waals surface area contributed by atoms with Crippen molar-refractivity contribution in [1.82, 2.24) is 14.7 Å². The molecule has 0 aliphatic carbocycles. The number of aromatic amines is 2. The van der Waals surface area contributed by atoms with E-state index >= 15 is 0 Å². The average Bonchev–Trinajstić information content (AvgIpc) is 2.26. The summed E-state index contributed by atoms with van der Waals surface area (Å²) < 4.78 is 25.3. The van der Waals surface area contributed by atoms with Crippen LogP contribution in [-0.4, -0.2) is 47.4 Å². The van der Waals surface area contributed by atoms with E-state index in [1.54, 1.807) is 4.98 Å². The minimum Gasteiger partial charge on any atom is -0.393 e. The molecule has 0 aliphatic heterocycles. The monoisotopic (exact) mass is 279 g/mol. The fraction of sp³-hybridized carbons (Fsp3) is 0.500. The SMILES string of the molecule is CC(O)(CO)CNS(=O)(=O)c1c[nH]c(=O)[nH]c1=O. The van der Waals surface area contributed by atoms with Crippen molar-refractivity contribution in [1.29, 1.82) is 0 Å². The first-order valence-corrected chi connectivity index (χ1v) is 6.31. The fourth-order valence-corrected chi connectivity index (χ4v) is 2.15. The lowest BCUT2D eigenvalue weighted by molar-refractivity contribution is 0.00680. The summed E-state index contributed by atoms with van der Waals surface area (Å²) in [5, 5.41) is 18.2. The van der Waals surface area contributed by atoms with Crippen LogP contribution in [0.15, 0.2) is 20.7 Å². The molecule has 5 N–H and O–H groups in total. The van der Waals surface area contributed by atoms with Gasteiger partial charge in [0.15, 0.2) is 4.90 Å². The Morgan fingerprint density at radius 1 is 1.44 bits per heavy atom. The molecule has 0 bridgehead atoms. The molecule has 9 nitrogen and oxygen atoms in total. The molecule has 18 heavy (non-hydrogen) atoms. The molecule has 102 valence electrons. The highest BCUT2D eigenvalue weighted by atomic mass is 32.2. The van der Waals surface area contributed by atoms with Gasteiger partial charge in [-0.2, -0.15) is 0 Å². The molecule has 1 atom stereocenters. The molecule has 1 aromatic heterocycles. The Labute approximate surface area is 102 Å². The van der Waals surface area contributed by atoms with Crippen LogP contribution in [0.4, 0.5) is 0 Å². The molecule has 0 spiro atoms. The highest BCUT2D eigenvalue weighted by molar-refractivity contribution is 7.89. The predicted molar refractivity (Wildman–Crippen MR) is 60.6 cm³/mol. The number of hydrogen-bond acceptors (Lipinski definition) is 6. The lowest BCUT2D eigenvalue weighted by Crippen LogP contribution is -2.44. The van der Waals surface area contributed by atoms with Gasteiger partial charge in [-0.1, -0.05) is 0 Å². The van der Waals surface area contributed by atoms with E-state index in [1.165, 1.54) is 6.92 Å². The topological polar surface area (TPSA) is 152 Å². The predicted octanol–water partition coefficient (Wildman–Crippen LogP) is -2.92. The molecule has 0 aliphatic rings. The number of aliphatic hydroxyl groups is 2. The van der Waals surface area contributed by atoms with Crippen molar-refractivity contribution in [3.05, 3.63) is 27.0 Å². The summed E-state index contributed by atoms with van der Waals surface area (Å²) in [6.07, 6.45) is 0.747. The molecule has 0 saturated carbocycles. The first kappa shape index (κ1) is 14.6. The summed E-state index contributed by atoms with van der Waals surface area (Å²) in [4.78, 5) is 25.1. The highest BCUT2D eigenvalue weighted by Gasteiger charge is 2.25. The second kappa shape index (κ2) is 5.02. The zero-order chi connectivity index (χ0) is 14.0. The van der Waals surface area contributed by atoms with Gasteiger partial charge in [0, 0.05) is 12.7 Å². The first-order valence-electron chi connectivity index (χ1n) is 4.83. The van der Waals surface area contributed by atoms with E-state index in [2.05, 4.69) is 0 Å². The molecular formula is C8H13N3O6S. The van der Waals surface area contributed by atoms with Crippen LogP contribution in [0.25, 0.3) is 0 Å². The van der Waals surface area contributed by atoms with Crippen molar-refractivity contribution in [2.75, 3.05) is 13.2 Å². The lowest BCUT2D eigenvalue weighted by atomic mass is 10.1. The van der Waals surface area contributed by atoms with E-state index in [0.717, 1.165) is 6.20 Å². The second-order valence-corrected chi connectivity index (χ2v) is 5.65. The van der Waals surface area contributed by atoms with Crippen LogP contribution in [-0.2, 0) is 10.0 Å². The molecular weight excluding hydrogens is 266 g/mol. The van der Waals surface area contributed by atoms with Gasteiger partial charge in [0.1, 0.15) is 0 Å². The van der Waals surface area contributed by atoms with Crippen LogP contribution < -0.4 is 16.0 Å². The average molecular weight is 279 g/mol. The first-order chi connectivity index (χ1) is 8.18. The van der Waals surface area contributed by atoms with Crippen LogP contribution in [0.2, 0.25) is 0 Å². The largest absolute Gasteiger partial charge is 0.393 e. The maximum atomic E-state index is 11.7. The Morgan fingerprint density at radius 3 is 2.56 bits per heavy atom. The van der Waals surface area contributed by atoms with Crippen LogP contribution in [0.5, 0.6) is 0 Å². The van der Waals surface area contributed by atoms with Gasteiger partial charge >= 0.3 is 5.69 Å². The molecule has 0 saturated heterocycles. The Bertz CT molecular complexity index is 629. The van der Waals surface area contributed by atoms with Crippen molar-refractivity contribution < 1.29 is 18.6 Å². The van der Waals surface area contributed by atoms with Crippen LogP contribution >= 0.6 is 0 Å². The third kappa shape index (κ3) is 3.50. The van der Waals surface area contributed by atoms with Crippen LogP contribution in [0.1, 0.15) is 6.92 Å². The molecule has 10 heteroatoms. The Kier molecular flexibility index (Phi) is 4.06. The van der Waals surface area contributed by atoms with E-state index in [4.69, 9.17) is 5.11 Å². The van der Waals surface area contributed by atoms with Gasteiger partial charge in [-0.05, 0) is 6.92 Å². The molecule has 0 amide bonds. The standard InChI is InChI=1S/C8H13N3O6S/c1-8(15,4-12)3-10-18(16,17)5-2-9-7(14)11-6(5)13/h2,10,12,15H,3-4H2,1H3,(H2,9,11,13,14). The van der Waals surface area contributed by atoms with Gasteiger partial charge < -0.3 is 15.2 Å². The van der Waals surface area contributed by atoms with E-state index in [0.29, 0.717) is 0 Å². The van der Waals surface area contributed by atoms with Gasteiger partial charge in [-0.15, -0.1) is 0 Å². The minimum atomic E-state index is -4.19. The third-order valence-corrected chi connectivity index (χ3v) is 3.47. The Hall–Kier alpha value is -1.49. The van der Waals surface area contributed by atoms with E-state index < -0.39 is 44.9 Å². The number of hydrogen-bond donors (Lipinski definition) is 5. The van der Waals surface area contributed by atoms with Crippen LogP contribution in [0, 0.1) is 0 Å². The molecule has 1 rings (SSSR count). The van der Waals surface area contributed by atoms with Crippen LogP contribution in [0.3, 0.4) is 0 Å².